The molecular weight excluding hydrogens is 548 g/mol. The van der Waals surface area contributed by atoms with E-state index in [1.807, 2.05) is 19.1 Å². The summed E-state index contributed by atoms with van der Waals surface area (Å²) >= 11 is 0. The number of anilines is 2. The molecule has 2 heterocycles. The second-order valence-corrected chi connectivity index (χ2v) is 14.3. The van der Waals surface area contributed by atoms with E-state index in [4.69, 9.17) is 4.74 Å². The molecule has 0 bridgehead atoms. The van der Waals surface area contributed by atoms with E-state index in [-0.39, 0.29) is 22.4 Å². The van der Waals surface area contributed by atoms with Crippen LogP contribution in [-0.4, -0.2) is 70.5 Å². The first-order valence-corrected chi connectivity index (χ1v) is 16.8. The van der Waals surface area contributed by atoms with E-state index in [1.54, 1.807) is 19.2 Å². The van der Waals surface area contributed by atoms with Crippen LogP contribution in [0.5, 0.6) is 5.75 Å². The first kappa shape index (κ1) is 29.8. The summed E-state index contributed by atoms with van der Waals surface area (Å²) in [6.07, 6.45) is 1.95. The molecule has 216 valence electrons. The van der Waals surface area contributed by atoms with Crippen molar-refractivity contribution >= 4 is 42.1 Å². The summed E-state index contributed by atoms with van der Waals surface area (Å²) in [7, 11) is -3.42. The summed E-state index contributed by atoms with van der Waals surface area (Å²) < 4.78 is 58.2. The number of fused-ring (bicyclic) bond motifs is 1. The van der Waals surface area contributed by atoms with E-state index in [0.717, 1.165) is 35.2 Å². The van der Waals surface area contributed by atoms with Crippen LogP contribution in [0.4, 0.5) is 11.4 Å². The maximum absolute atomic E-state index is 12.8. The van der Waals surface area contributed by atoms with E-state index in [0.29, 0.717) is 37.4 Å². The number of ether oxygens (including phenoxy) is 1. The average Bonchev–Trinajstić information content (AvgIpc) is 3.30. The van der Waals surface area contributed by atoms with Crippen LogP contribution >= 0.6 is 0 Å². The number of hydrogen-bond donors (Lipinski definition) is 2. The fraction of sp³-hybridized carbons (Fsp3) is 0.448. The number of sulfone groups is 1. The molecule has 2 N–H and O–H groups in total. The van der Waals surface area contributed by atoms with Crippen LogP contribution in [0.2, 0.25) is 0 Å². The van der Waals surface area contributed by atoms with Crippen molar-refractivity contribution < 1.29 is 21.6 Å². The third kappa shape index (κ3) is 6.57. The molecule has 0 unspecified atom stereocenters. The van der Waals surface area contributed by atoms with Gasteiger partial charge in [-0.25, -0.2) is 21.1 Å². The molecule has 3 aromatic rings. The number of benzene rings is 2. The molecule has 0 saturated carbocycles. The van der Waals surface area contributed by atoms with Gasteiger partial charge < -0.3 is 19.9 Å². The molecule has 1 saturated heterocycles. The van der Waals surface area contributed by atoms with Gasteiger partial charge in [0.25, 0.3) is 0 Å². The minimum Gasteiger partial charge on any atom is -0.495 e. The summed E-state index contributed by atoms with van der Waals surface area (Å²) in [5.41, 5.74) is 3.59. The highest BCUT2D eigenvalue weighted by Crippen LogP contribution is 2.30. The van der Waals surface area contributed by atoms with Gasteiger partial charge in [0.15, 0.2) is 0 Å². The summed E-state index contributed by atoms with van der Waals surface area (Å²) in [5.74, 6) is 7.32. The minimum atomic E-state index is -3.59. The van der Waals surface area contributed by atoms with Gasteiger partial charge in [0.05, 0.1) is 47.0 Å². The number of sulfonamides is 1. The Morgan fingerprint density at radius 3 is 2.52 bits per heavy atom. The molecule has 1 aromatic heterocycles. The maximum atomic E-state index is 12.8. The highest BCUT2D eigenvalue weighted by molar-refractivity contribution is 7.91. The van der Waals surface area contributed by atoms with Crippen LogP contribution < -0.4 is 15.4 Å². The number of methoxy groups -OCH3 is 1. The van der Waals surface area contributed by atoms with Crippen LogP contribution in [-0.2, 0) is 26.4 Å². The van der Waals surface area contributed by atoms with Gasteiger partial charge in [0.1, 0.15) is 15.6 Å². The van der Waals surface area contributed by atoms with E-state index in [1.165, 1.54) is 17.5 Å². The van der Waals surface area contributed by atoms with Gasteiger partial charge in [0.2, 0.25) is 10.0 Å². The van der Waals surface area contributed by atoms with E-state index in [2.05, 4.69) is 46.1 Å². The molecule has 40 heavy (non-hydrogen) atoms. The first-order valence-electron chi connectivity index (χ1n) is 13.6. The molecule has 0 amide bonds. The van der Waals surface area contributed by atoms with Crippen molar-refractivity contribution in [2.24, 2.45) is 0 Å². The Bertz CT molecular complexity index is 1620. The number of rotatable bonds is 10. The quantitative estimate of drug-likeness (QED) is 0.344. The van der Waals surface area contributed by atoms with Crippen LogP contribution in [0.15, 0.2) is 47.4 Å². The molecule has 1 aliphatic heterocycles. The zero-order valence-electron chi connectivity index (χ0n) is 23.5. The molecule has 4 rings (SSSR count). The van der Waals surface area contributed by atoms with Gasteiger partial charge in [-0.15, -0.1) is 0 Å². The Labute approximate surface area is 237 Å². The SMILES string of the molecule is CCCN(C)S(=O)(=O)c1ccc(NCC#Cc2cc3c(NC4CCS(=O)(=O)CC4)cccc3n2CC)c(OC)c1. The number of aromatic nitrogens is 1. The smallest absolute Gasteiger partial charge is 0.242 e. The third-order valence-corrected chi connectivity index (χ3v) is 10.7. The van der Waals surface area contributed by atoms with Gasteiger partial charge >= 0.3 is 0 Å². The van der Waals surface area contributed by atoms with Crippen molar-refractivity contribution in [1.29, 1.82) is 0 Å². The summed E-state index contributed by atoms with van der Waals surface area (Å²) in [4.78, 5) is 0.184. The molecule has 2 aromatic carbocycles. The van der Waals surface area contributed by atoms with Gasteiger partial charge in [0, 0.05) is 43.3 Å². The number of nitrogens with one attached hydrogen (secondary N) is 2. The monoisotopic (exact) mass is 586 g/mol. The molecule has 0 radical (unpaired) electrons. The predicted octanol–water partition coefficient (Wildman–Crippen LogP) is 4.15. The number of hydrogen-bond acceptors (Lipinski definition) is 7. The third-order valence-electron chi connectivity index (χ3n) is 7.18. The summed E-state index contributed by atoms with van der Waals surface area (Å²) in [6.45, 7) is 5.54. The second-order valence-electron chi connectivity index (χ2n) is 9.93. The van der Waals surface area contributed by atoms with Crippen LogP contribution in [0.3, 0.4) is 0 Å². The largest absolute Gasteiger partial charge is 0.495 e. The molecule has 0 spiro atoms. The lowest BCUT2D eigenvalue weighted by Crippen LogP contribution is -2.32. The Balaban J connectivity index is 1.50. The van der Waals surface area contributed by atoms with Crippen molar-refractivity contribution in [2.75, 3.05) is 49.4 Å². The topological polar surface area (TPSA) is 110 Å². The molecule has 1 aliphatic rings. The van der Waals surface area contributed by atoms with E-state index in [9.17, 15) is 16.8 Å². The minimum absolute atomic E-state index is 0.126. The maximum Gasteiger partial charge on any atom is 0.242 e. The lowest BCUT2D eigenvalue weighted by Gasteiger charge is -2.24. The van der Waals surface area contributed by atoms with Gasteiger partial charge in [-0.1, -0.05) is 18.9 Å². The van der Waals surface area contributed by atoms with Crippen molar-refractivity contribution in [1.82, 2.24) is 8.87 Å². The summed E-state index contributed by atoms with van der Waals surface area (Å²) in [5, 5.41) is 7.85. The molecular formula is C29H38N4O5S2. The summed E-state index contributed by atoms with van der Waals surface area (Å²) in [6, 6.07) is 13.1. The zero-order chi connectivity index (χ0) is 28.9. The fourth-order valence-electron chi connectivity index (χ4n) is 4.98. The van der Waals surface area contributed by atoms with Crippen molar-refractivity contribution in [2.45, 2.75) is 50.6 Å². The number of aryl methyl sites for hydroxylation is 1. The van der Waals surface area contributed by atoms with E-state index >= 15 is 0 Å². The Morgan fingerprint density at radius 1 is 1.10 bits per heavy atom. The van der Waals surface area contributed by atoms with Crippen molar-refractivity contribution in [3.8, 4) is 17.6 Å². The molecule has 9 nitrogen and oxygen atoms in total. The fourth-order valence-corrected chi connectivity index (χ4v) is 7.75. The standard InChI is InChI=1S/C29H38N4O5S2/c1-5-17-32(3)40(36,37)24-12-13-27(29(21-24)38-4)30-16-8-9-23-20-25-26(10-7-11-28(25)33(23)6-2)31-22-14-18-39(34,35)19-15-22/h7,10-13,20-22,30-31H,5-6,14-19H2,1-4H3. The highest BCUT2D eigenvalue weighted by Gasteiger charge is 2.24. The highest BCUT2D eigenvalue weighted by atomic mass is 32.2. The number of nitrogens with zero attached hydrogens (tertiary/aromatic N) is 2. The Kier molecular flexibility index (Phi) is 9.33. The van der Waals surface area contributed by atoms with Crippen molar-refractivity contribution in [3.05, 3.63) is 48.2 Å². The molecule has 0 aliphatic carbocycles. The first-order chi connectivity index (χ1) is 19.1. The Hall–Kier alpha value is -3.20. The average molecular weight is 587 g/mol. The molecule has 1 fully saturated rings. The van der Waals surface area contributed by atoms with Gasteiger partial charge in [-0.2, -0.15) is 0 Å². The molecule has 11 heteroatoms. The van der Waals surface area contributed by atoms with Crippen LogP contribution in [0.25, 0.3) is 10.9 Å². The normalized spacial score (nSPS) is 15.5. The predicted molar refractivity (Wildman–Crippen MR) is 161 cm³/mol. The van der Waals surface area contributed by atoms with Crippen LogP contribution in [0.1, 0.15) is 38.8 Å². The lowest BCUT2D eigenvalue weighted by molar-refractivity contribution is 0.414. The van der Waals surface area contributed by atoms with Gasteiger partial charge in [-0.3, -0.25) is 0 Å². The Morgan fingerprint density at radius 2 is 1.85 bits per heavy atom. The van der Waals surface area contributed by atoms with Crippen LogP contribution in [0, 0.1) is 11.8 Å². The lowest BCUT2D eigenvalue weighted by atomic mass is 10.1. The molecule has 0 atom stereocenters. The second kappa shape index (κ2) is 12.5. The zero-order valence-corrected chi connectivity index (χ0v) is 25.2. The van der Waals surface area contributed by atoms with Crippen molar-refractivity contribution in [3.63, 3.8) is 0 Å². The van der Waals surface area contributed by atoms with E-state index < -0.39 is 19.9 Å². The van der Waals surface area contributed by atoms with Gasteiger partial charge in [-0.05, 0) is 62.4 Å².